The van der Waals surface area contributed by atoms with Gasteiger partial charge in [-0.05, 0) is 37.0 Å². The van der Waals surface area contributed by atoms with Gasteiger partial charge in [0.1, 0.15) is 5.78 Å². The van der Waals surface area contributed by atoms with E-state index in [-0.39, 0.29) is 16.9 Å². The summed E-state index contributed by atoms with van der Waals surface area (Å²) >= 11 is 0. The maximum absolute atomic E-state index is 12.6. The molecule has 1 aromatic heterocycles. The van der Waals surface area contributed by atoms with Crippen molar-refractivity contribution in [3.8, 4) is 0 Å². The summed E-state index contributed by atoms with van der Waals surface area (Å²) in [6, 6.07) is 10.3. The number of hydrogen-bond donors (Lipinski definition) is 1. The summed E-state index contributed by atoms with van der Waals surface area (Å²) in [4.78, 5) is 28.0. The highest BCUT2D eigenvalue weighted by atomic mass is 16.1. The van der Waals surface area contributed by atoms with Crippen molar-refractivity contribution in [2.75, 3.05) is 0 Å². The minimum absolute atomic E-state index is 0.00679. The molecule has 0 amide bonds. The van der Waals surface area contributed by atoms with Gasteiger partial charge in [0.05, 0.1) is 0 Å². The van der Waals surface area contributed by atoms with E-state index >= 15 is 0 Å². The lowest BCUT2D eigenvalue weighted by Gasteiger charge is -2.36. The van der Waals surface area contributed by atoms with Crippen LogP contribution in [0, 0.1) is 12.8 Å². The molecule has 1 atom stereocenters. The van der Waals surface area contributed by atoms with Gasteiger partial charge in [0.15, 0.2) is 0 Å². The number of pyridine rings is 1. The molecule has 0 radical (unpaired) electrons. The first-order chi connectivity index (χ1) is 11.8. The number of benzene rings is 1. The Hall–Kier alpha value is -2.16. The first-order valence-electron chi connectivity index (χ1n) is 9.14. The van der Waals surface area contributed by atoms with Crippen molar-refractivity contribution in [3.63, 3.8) is 0 Å². The van der Waals surface area contributed by atoms with Crippen LogP contribution in [-0.2, 0) is 23.1 Å². The lowest BCUT2D eigenvalue weighted by Crippen LogP contribution is -2.36. The van der Waals surface area contributed by atoms with E-state index < -0.39 is 0 Å². The van der Waals surface area contributed by atoms with Crippen LogP contribution in [0.4, 0.5) is 0 Å². The first-order valence-corrected chi connectivity index (χ1v) is 9.14. The molecule has 0 spiro atoms. The summed E-state index contributed by atoms with van der Waals surface area (Å²) in [6.45, 7) is 8.23. The number of aryl methyl sites for hydroxylation is 1. The van der Waals surface area contributed by atoms with E-state index in [0.717, 1.165) is 35.2 Å². The van der Waals surface area contributed by atoms with E-state index in [1.807, 2.05) is 13.0 Å². The van der Waals surface area contributed by atoms with Gasteiger partial charge in [-0.1, -0.05) is 50.6 Å². The number of rotatable bonds is 4. The third-order valence-electron chi connectivity index (χ3n) is 5.42. The number of nitrogens with one attached hydrogen (secondary N) is 1. The van der Waals surface area contributed by atoms with Crippen LogP contribution in [0.2, 0.25) is 0 Å². The number of H-pyrrole nitrogens is 1. The molecule has 1 N–H and O–H groups in total. The second-order valence-corrected chi connectivity index (χ2v) is 8.00. The molecular formula is C22H27NO2. The molecule has 0 aliphatic heterocycles. The van der Waals surface area contributed by atoms with E-state index in [1.54, 1.807) is 0 Å². The van der Waals surface area contributed by atoms with Crippen molar-refractivity contribution in [2.24, 2.45) is 5.92 Å². The second-order valence-electron chi connectivity index (χ2n) is 8.00. The summed E-state index contributed by atoms with van der Waals surface area (Å²) in [7, 11) is 0. The van der Waals surface area contributed by atoms with Crippen molar-refractivity contribution in [1.82, 2.24) is 4.98 Å². The van der Waals surface area contributed by atoms with Crippen molar-refractivity contribution in [3.05, 3.63) is 68.6 Å². The Labute approximate surface area is 149 Å². The summed E-state index contributed by atoms with van der Waals surface area (Å²) in [5.41, 5.74) is 5.08. The van der Waals surface area contributed by atoms with Gasteiger partial charge >= 0.3 is 0 Å². The molecule has 1 aliphatic carbocycles. The molecule has 132 valence electrons. The maximum Gasteiger partial charge on any atom is 0.251 e. The molecule has 1 aromatic carbocycles. The topological polar surface area (TPSA) is 49.9 Å². The summed E-state index contributed by atoms with van der Waals surface area (Å²) in [6.07, 6.45) is 2.74. The van der Waals surface area contributed by atoms with Gasteiger partial charge in [-0.2, -0.15) is 0 Å². The Morgan fingerprint density at radius 2 is 1.92 bits per heavy atom. The van der Waals surface area contributed by atoms with E-state index in [9.17, 15) is 9.59 Å². The molecule has 1 heterocycles. The number of hydrogen-bond acceptors (Lipinski definition) is 2. The zero-order valence-electron chi connectivity index (χ0n) is 15.6. The highest BCUT2D eigenvalue weighted by Gasteiger charge is 2.36. The normalized spacial score (nSPS) is 18.6. The van der Waals surface area contributed by atoms with Crippen molar-refractivity contribution in [1.29, 1.82) is 0 Å². The molecule has 3 rings (SSSR count). The highest BCUT2D eigenvalue weighted by Crippen LogP contribution is 2.38. The monoisotopic (exact) mass is 337 g/mol. The maximum atomic E-state index is 12.6. The molecule has 0 saturated carbocycles. The van der Waals surface area contributed by atoms with Crippen LogP contribution in [0.3, 0.4) is 0 Å². The molecule has 3 heteroatoms. The molecule has 0 saturated heterocycles. The van der Waals surface area contributed by atoms with Gasteiger partial charge in [0, 0.05) is 35.4 Å². The molecule has 0 fully saturated rings. The molecular weight excluding hydrogens is 310 g/mol. The predicted octanol–water partition coefficient (Wildman–Crippen LogP) is 4.09. The third-order valence-corrected chi connectivity index (χ3v) is 5.42. The zero-order valence-corrected chi connectivity index (χ0v) is 15.6. The standard InChI is InChI=1S/C22H27NO2/c1-5-19(24)18-12-16-11-17(10-15-8-6-14(2)7-9-15)21(25)23-20(16)22(3,4)13-18/h6-9,11,18H,5,10,12-13H2,1-4H3,(H,23,25). The Bertz CT molecular complexity index is 843. The third kappa shape index (κ3) is 3.60. The van der Waals surface area contributed by atoms with Crippen molar-refractivity contribution in [2.45, 2.75) is 58.8 Å². The number of aromatic nitrogens is 1. The number of aromatic amines is 1. The van der Waals surface area contributed by atoms with Gasteiger partial charge in [-0.25, -0.2) is 0 Å². The minimum atomic E-state index is -0.176. The Morgan fingerprint density at radius 3 is 2.56 bits per heavy atom. The number of carbonyl (C=O) groups is 1. The SMILES string of the molecule is CCC(=O)C1Cc2cc(Cc3ccc(C)cc3)c(=O)[nH]c2C(C)(C)C1. The van der Waals surface area contributed by atoms with Crippen LogP contribution in [0.1, 0.15) is 61.6 Å². The average molecular weight is 337 g/mol. The van der Waals surface area contributed by atoms with Gasteiger partial charge in [0.25, 0.3) is 5.56 Å². The van der Waals surface area contributed by atoms with Crippen LogP contribution >= 0.6 is 0 Å². The lowest BCUT2D eigenvalue weighted by atomic mass is 9.69. The minimum Gasteiger partial charge on any atom is -0.325 e. The fourth-order valence-electron chi connectivity index (χ4n) is 4.02. The summed E-state index contributed by atoms with van der Waals surface area (Å²) < 4.78 is 0. The fourth-order valence-corrected chi connectivity index (χ4v) is 4.02. The van der Waals surface area contributed by atoms with Gasteiger partial charge < -0.3 is 4.98 Å². The van der Waals surface area contributed by atoms with Crippen LogP contribution in [0.15, 0.2) is 35.1 Å². The van der Waals surface area contributed by atoms with Crippen molar-refractivity contribution < 1.29 is 4.79 Å². The van der Waals surface area contributed by atoms with Crippen LogP contribution < -0.4 is 5.56 Å². The Balaban J connectivity index is 1.97. The lowest BCUT2D eigenvalue weighted by molar-refractivity contribution is -0.123. The second kappa shape index (κ2) is 6.62. The van der Waals surface area contributed by atoms with Gasteiger partial charge in [-0.15, -0.1) is 0 Å². The Kier molecular flexibility index (Phi) is 4.68. The number of carbonyl (C=O) groups excluding carboxylic acids is 1. The number of ketones is 1. The van der Waals surface area contributed by atoms with Crippen LogP contribution in [0.5, 0.6) is 0 Å². The van der Waals surface area contributed by atoms with E-state index in [1.165, 1.54) is 5.56 Å². The first kappa shape index (κ1) is 17.7. The molecule has 0 bridgehead atoms. The van der Waals surface area contributed by atoms with Crippen molar-refractivity contribution >= 4 is 5.78 Å². The molecule has 1 aliphatic rings. The van der Waals surface area contributed by atoms with E-state index in [2.05, 4.69) is 50.0 Å². The largest absolute Gasteiger partial charge is 0.325 e. The molecule has 2 aromatic rings. The van der Waals surface area contributed by atoms with E-state index in [4.69, 9.17) is 0 Å². The number of fused-ring (bicyclic) bond motifs is 1. The fraction of sp³-hybridized carbons (Fsp3) is 0.455. The smallest absolute Gasteiger partial charge is 0.251 e. The van der Waals surface area contributed by atoms with Gasteiger partial charge in [0.2, 0.25) is 0 Å². The predicted molar refractivity (Wildman–Crippen MR) is 101 cm³/mol. The zero-order chi connectivity index (χ0) is 18.2. The van der Waals surface area contributed by atoms with Crippen LogP contribution in [0.25, 0.3) is 0 Å². The van der Waals surface area contributed by atoms with E-state index in [0.29, 0.717) is 18.6 Å². The van der Waals surface area contributed by atoms with Crippen LogP contribution in [-0.4, -0.2) is 10.8 Å². The summed E-state index contributed by atoms with van der Waals surface area (Å²) in [5.74, 6) is 0.385. The molecule has 25 heavy (non-hydrogen) atoms. The molecule has 3 nitrogen and oxygen atoms in total. The summed E-state index contributed by atoms with van der Waals surface area (Å²) in [5, 5.41) is 0. The van der Waals surface area contributed by atoms with Gasteiger partial charge in [-0.3, -0.25) is 9.59 Å². The quantitative estimate of drug-likeness (QED) is 0.913. The average Bonchev–Trinajstić information content (AvgIpc) is 2.57. The highest BCUT2D eigenvalue weighted by molar-refractivity contribution is 5.81. The Morgan fingerprint density at radius 1 is 1.24 bits per heavy atom. The molecule has 1 unspecified atom stereocenters. The number of Topliss-reactive ketones (excluding diaryl/α,β-unsaturated/α-hetero) is 1.